The van der Waals surface area contributed by atoms with Gasteiger partial charge < -0.3 is 19.8 Å². The molecular formula is C26H34FN3O2. The van der Waals surface area contributed by atoms with Crippen molar-refractivity contribution in [1.82, 2.24) is 4.90 Å². The first-order valence-corrected chi connectivity index (χ1v) is 11.7. The lowest BCUT2D eigenvalue weighted by Crippen LogP contribution is -2.37. The SMILES string of the molecule is CCC(O)CCc1ccc2c(c1)CCN(c1ccc(N3CC[C@@H](N(C)C)C3)c(F)c1)C2=O. The number of nitrogens with zero attached hydrogens (tertiary/aromatic N) is 3. The van der Waals surface area contributed by atoms with Gasteiger partial charge in [-0.2, -0.15) is 0 Å². The molecule has 1 saturated heterocycles. The highest BCUT2D eigenvalue weighted by atomic mass is 19.1. The predicted octanol–water partition coefficient (Wildman–Crippen LogP) is 3.87. The van der Waals surface area contributed by atoms with E-state index in [1.807, 2.05) is 31.2 Å². The molecule has 1 amide bonds. The maximum absolute atomic E-state index is 15.0. The Kier molecular flexibility index (Phi) is 6.82. The molecule has 2 atom stereocenters. The standard InChI is InChI=1S/C26H34FN3O2/c1-4-22(31)8-5-18-6-9-23-19(15-18)11-14-30(26(23)32)20-7-10-25(24(27)16-20)29-13-12-21(17-29)28(2)3/h6-7,9-10,15-16,21-22,31H,4-5,8,11-14,17H2,1-3H3/t21-,22?/m1/s1. The van der Waals surface area contributed by atoms with Crippen LogP contribution in [0.2, 0.25) is 0 Å². The van der Waals surface area contributed by atoms with Gasteiger partial charge in [-0.05, 0) is 81.6 Å². The smallest absolute Gasteiger partial charge is 0.258 e. The molecule has 1 N–H and O–H groups in total. The van der Waals surface area contributed by atoms with Crippen molar-refractivity contribution in [3.05, 3.63) is 58.9 Å². The molecule has 0 saturated carbocycles. The number of carbonyl (C=O) groups is 1. The summed E-state index contributed by atoms with van der Waals surface area (Å²) in [6, 6.07) is 11.6. The van der Waals surface area contributed by atoms with Crippen molar-refractivity contribution < 1.29 is 14.3 Å². The van der Waals surface area contributed by atoms with E-state index in [2.05, 4.69) is 30.0 Å². The van der Waals surface area contributed by atoms with Crippen LogP contribution in [0.3, 0.4) is 0 Å². The lowest BCUT2D eigenvalue weighted by Gasteiger charge is -2.30. The van der Waals surface area contributed by atoms with Crippen molar-refractivity contribution in [3.63, 3.8) is 0 Å². The number of amides is 1. The van der Waals surface area contributed by atoms with Crippen LogP contribution in [0.15, 0.2) is 36.4 Å². The van der Waals surface area contributed by atoms with Crippen LogP contribution in [0.5, 0.6) is 0 Å². The second kappa shape index (κ2) is 9.59. The summed E-state index contributed by atoms with van der Waals surface area (Å²) in [5, 5.41) is 9.81. The Hall–Kier alpha value is -2.44. The Balaban J connectivity index is 1.48. The van der Waals surface area contributed by atoms with Crippen LogP contribution in [0, 0.1) is 5.82 Å². The summed E-state index contributed by atoms with van der Waals surface area (Å²) < 4.78 is 15.0. The zero-order valence-electron chi connectivity index (χ0n) is 19.4. The predicted molar refractivity (Wildman–Crippen MR) is 127 cm³/mol. The Bertz CT molecular complexity index is 978. The van der Waals surface area contributed by atoms with Gasteiger partial charge in [0.25, 0.3) is 5.91 Å². The Morgan fingerprint density at radius 3 is 2.69 bits per heavy atom. The minimum atomic E-state index is -0.282. The van der Waals surface area contributed by atoms with Crippen molar-refractivity contribution in [2.24, 2.45) is 0 Å². The average molecular weight is 440 g/mol. The molecule has 2 aromatic carbocycles. The third-order valence-corrected chi connectivity index (χ3v) is 6.96. The molecule has 5 nitrogen and oxygen atoms in total. The van der Waals surface area contributed by atoms with Gasteiger partial charge in [0.2, 0.25) is 0 Å². The number of halogens is 1. The van der Waals surface area contributed by atoms with Crippen LogP contribution in [0.25, 0.3) is 0 Å². The molecular weight excluding hydrogens is 405 g/mol. The van der Waals surface area contributed by atoms with Crippen molar-refractivity contribution >= 4 is 17.3 Å². The van der Waals surface area contributed by atoms with Crippen LogP contribution < -0.4 is 9.80 Å². The van der Waals surface area contributed by atoms with Crippen molar-refractivity contribution in [3.8, 4) is 0 Å². The zero-order chi connectivity index (χ0) is 22.8. The maximum Gasteiger partial charge on any atom is 0.258 e. The lowest BCUT2D eigenvalue weighted by molar-refractivity contribution is 0.0980. The van der Waals surface area contributed by atoms with Crippen LogP contribution in [0.1, 0.15) is 47.7 Å². The summed E-state index contributed by atoms with van der Waals surface area (Å²) in [6.45, 7) is 4.17. The van der Waals surface area contributed by atoms with E-state index in [4.69, 9.17) is 0 Å². The van der Waals surface area contributed by atoms with E-state index in [1.54, 1.807) is 4.90 Å². The Morgan fingerprint density at radius 2 is 2.00 bits per heavy atom. The highest BCUT2D eigenvalue weighted by molar-refractivity contribution is 6.08. The molecule has 2 aromatic rings. The van der Waals surface area contributed by atoms with Crippen LogP contribution in [-0.2, 0) is 12.8 Å². The fourth-order valence-electron chi connectivity index (χ4n) is 4.78. The van der Waals surface area contributed by atoms with Gasteiger partial charge in [0.15, 0.2) is 0 Å². The van der Waals surface area contributed by atoms with Gasteiger partial charge in [0, 0.05) is 36.9 Å². The molecule has 0 aliphatic carbocycles. The van der Waals surface area contributed by atoms with Gasteiger partial charge in [-0.25, -0.2) is 4.39 Å². The molecule has 2 heterocycles. The number of likely N-dealkylation sites (N-methyl/N-ethyl adjacent to an activating group) is 1. The van der Waals surface area contributed by atoms with E-state index in [0.29, 0.717) is 29.5 Å². The van der Waals surface area contributed by atoms with Crippen molar-refractivity contribution in [2.75, 3.05) is 43.5 Å². The van der Waals surface area contributed by atoms with Crippen molar-refractivity contribution in [1.29, 1.82) is 0 Å². The van der Waals surface area contributed by atoms with Crippen LogP contribution in [0.4, 0.5) is 15.8 Å². The van der Waals surface area contributed by atoms with E-state index < -0.39 is 0 Å². The van der Waals surface area contributed by atoms with Gasteiger partial charge in [0.05, 0.1) is 11.8 Å². The van der Waals surface area contributed by atoms with Gasteiger partial charge in [-0.1, -0.05) is 19.1 Å². The third-order valence-electron chi connectivity index (χ3n) is 6.96. The second-order valence-corrected chi connectivity index (χ2v) is 9.29. The molecule has 1 fully saturated rings. The maximum atomic E-state index is 15.0. The summed E-state index contributed by atoms with van der Waals surface area (Å²) in [5.41, 5.74) is 4.10. The Morgan fingerprint density at radius 1 is 1.19 bits per heavy atom. The molecule has 6 heteroatoms. The largest absolute Gasteiger partial charge is 0.393 e. The topological polar surface area (TPSA) is 47.0 Å². The highest BCUT2D eigenvalue weighted by Crippen LogP contribution is 2.31. The van der Waals surface area contributed by atoms with Gasteiger partial charge in [-0.15, -0.1) is 0 Å². The molecule has 0 radical (unpaired) electrons. The number of benzene rings is 2. The molecule has 32 heavy (non-hydrogen) atoms. The fourth-order valence-corrected chi connectivity index (χ4v) is 4.78. The first-order valence-electron chi connectivity index (χ1n) is 11.7. The summed E-state index contributed by atoms with van der Waals surface area (Å²) in [7, 11) is 4.12. The third kappa shape index (κ3) is 4.66. The number of aliphatic hydroxyl groups excluding tert-OH is 1. The van der Waals surface area contributed by atoms with Crippen LogP contribution in [-0.4, -0.2) is 61.8 Å². The highest BCUT2D eigenvalue weighted by Gasteiger charge is 2.28. The fraction of sp³-hybridized carbons (Fsp3) is 0.500. The molecule has 172 valence electrons. The molecule has 0 aromatic heterocycles. The lowest BCUT2D eigenvalue weighted by atomic mass is 9.94. The summed E-state index contributed by atoms with van der Waals surface area (Å²) in [4.78, 5) is 19.1. The van der Waals surface area contributed by atoms with E-state index >= 15 is 4.39 Å². The number of carbonyl (C=O) groups excluding carboxylic acids is 1. The monoisotopic (exact) mass is 439 g/mol. The number of hydrogen-bond acceptors (Lipinski definition) is 4. The molecule has 2 aliphatic rings. The number of anilines is 2. The summed E-state index contributed by atoms with van der Waals surface area (Å²) in [5.74, 6) is -0.349. The van der Waals surface area contributed by atoms with Crippen LogP contribution >= 0.6 is 0 Å². The molecule has 2 aliphatic heterocycles. The number of fused-ring (bicyclic) bond motifs is 1. The molecule has 4 rings (SSSR count). The summed E-state index contributed by atoms with van der Waals surface area (Å²) in [6.07, 6.45) is 3.77. The first-order chi connectivity index (χ1) is 15.4. The number of aryl methyl sites for hydroxylation is 1. The van der Waals surface area contributed by atoms with Gasteiger partial charge in [-0.3, -0.25) is 4.79 Å². The molecule has 0 bridgehead atoms. The quantitative estimate of drug-likeness (QED) is 0.712. The average Bonchev–Trinajstić information content (AvgIpc) is 3.28. The number of aliphatic hydroxyl groups is 1. The minimum Gasteiger partial charge on any atom is -0.393 e. The van der Waals surface area contributed by atoms with E-state index in [1.165, 1.54) is 6.07 Å². The number of hydrogen-bond donors (Lipinski definition) is 1. The van der Waals surface area contributed by atoms with Gasteiger partial charge >= 0.3 is 0 Å². The summed E-state index contributed by atoms with van der Waals surface area (Å²) >= 11 is 0. The van der Waals surface area contributed by atoms with E-state index in [9.17, 15) is 9.90 Å². The number of rotatable bonds is 7. The normalized spacial score (nSPS) is 19.6. The second-order valence-electron chi connectivity index (χ2n) is 9.29. The van der Waals surface area contributed by atoms with Crippen molar-refractivity contribution in [2.45, 2.75) is 51.2 Å². The molecule has 0 spiro atoms. The first kappa shape index (κ1) is 22.7. The van der Waals surface area contributed by atoms with E-state index in [-0.39, 0.29) is 17.8 Å². The van der Waals surface area contributed by atoms with E-state index in [0.717, 1.165) is 56.3 Å². The minimum absolute atomic E-state index is 0.0765. The van der Waals surface area contributed by atoms with Gasteiger partial charge in [0.1, 0.15) is 5.82 Å². The Labute approximate surface area is 190 Å². The molecule has 1 unspecified atom stereocenters. The zero-order valence-corrected chi connectivity index (χ0v) is 19.4.